The summed E-state index contributed by atoms with van der Waals surface area (Å²) in [5.41, 5.74) is -0.680. The van der Waals surface area contributed by atoms with E-state index in [2.05, 4.69) is 5.32 Å². The van der Waals surface area contributed by atoms with Crippen LogP contribution in [0.1, 0.15) is 32.3 Å². The highest BCUT2D eigenvalue weighted by atomic mass is 35.5. The molecule has 3 fully saturated rings. The Morgan fingerprint density at radius 1 is 1.19 bits per heavy atom. The normalized spacial score (nSPS) is 30.8. The van der Waals surface area contributed by atoms with Gasteiger partial charge in [0.15, 0.2) is 0 Å². The van der Waals surface area contributed by atoms with Gasteiger partial charge >= 0.3 is 5.97 Å². The van der Waals surface area contributed by atoms with E-state index >= 15 is 0 Å². The van der Waals surface area contributed by atoms with Gasteiger partial charge in [0, 0.05) is 10.7 Å². The highest BCUT2D eigenvalue weighted by Crippen LogP contribution is 2.63. The molecule has 5 rings (SSSR count). The Labute approximate surface area is 220 Å². The zero-order valence-corrected chi connectivity index (χ0v) is 21.6. The third-order valence-electron chi connectivity index (χ3n) is 8.03. The molecule has 0 radical (unpaired) electrons. The van der Waals surface area contributed by atoms with Crippen LogP contribution < -0.4 is 5.32 Å². The number of nitrogens with zero attached hydrogens (tertiary/aromatic N) is 1. The summed E-state index contributed by atoms with van der Waals surface area (Å²) in [5.74, 6) is -3.00. The van der Waals surface area contributed by atoms with Crippen LogP contribution in [0, 0.1) is 11.8 Å². The van der Waals surface area contributed by atoms with Crippen molar-refractivity contribution < 1.29 is 29.0 Å². The monoisotopic (exact) mass is 526 g/mol. The largest absolute Gasteiger partial charge is 0.466 e. The molecule has 2 N–H and O–H groups in total. The summed E-state index contributed by atoms with van der Waals surface area (Å²) in [6, 6.07) is 14.4. The molecule has 196 valence electrons. The average Bonchev–Trinajstić information content (AvgIpc) is 3.45. The standard InChI is InChI=1S/C28H31ClN2O6/c1-3-36-26(35)22-21-25(34)31(20(16-32)15-17-7-5-4-6-8-17)23(28(21)14-13-27(22,2)37-28)24(33)30-19-11-9-18(29)10-12-19/h4-12,20-23,32H,3,13-16H2,1-2H3,(H,30,33)/t20-,21+,22-,23?,27+,28?/m1/s1. The van der Waals surface area contributed by atoms with Crippen molar-refractivity contribution in [3.63, 3.8) is 0 Å². The molecule has 2 bridgehead atoms. The average molecular weight is 527 g/mol. The molecular formula is C28H31ClN2O6. The van der Waals surface area contributed by atoms with Crippen molar-refractivity contribution >= 4 is 35.1 Å². The summed E-state index contributed by atoms with van der Waals surface area (Å²) >= 11 is 6.01. The van der Waals surface area contributed by atoms with Gasteiger partial charge in [0.05, 0.1) is 30.8 Å². The van der Waals surface area contributed by atoms with Crippen molar-refractivity contribution in [3.05, 3.63) is 65.2 Å². The minimum atomic E-state index is -1.20. The molecule has 0 saturated carbocycles. The number of aliphatic hydroxyl groups is 1. The number of benzene rings is 2. The second-order valence-electron chi connectivity index (χ2n) is 10.2. The molecule has 37 heavy (non-hydrogen) atoms. The van der Waals surface area contributed by atoms with Gasteiger partial charge < -0.3 is 24.8 Å². The van der Waals surface area contributed by atoms with Crippen molar-refractivity contribution in [3.8, 4) is 0 Å². The summed E-state index contributed by atoms with van der Waals surface area (Å²) in [7, 11) is 0. The van der Waals surface area contributed by atoms with Crippen LogP contribution in [-0.4, -0.2) is 64.3 Å². The van der Waals surface area contributed by atoms with Crippen molar-refractivity contribution in [2.75, 3.05) is 18.5 Å². The minimum absolute atomic E-state index is 0.177. The Morgan fingerprint density at radius 3 is 2.54 bits per heavy atom. The number of aliphatic hydroxyl groups excluding tert-OH is 1. The van der Waals surface area contributed by atoms with E-state index in [1.165, 1.54) is 4.90 Å². The number of esters is 1. The van der Waals surface area contributed by atoms with Crippen LogP contribution in [0.15, 0.2) is 54.6 Å². The van der Waals surface area contributed by atoms with Gasteiger partial charge in [-0.25, -0.2) is 0 Å². The molecule has 0 aliphatic carbocycles. The van der Waals surface area contributed by atoms with Gasteiger partial charge in [-0.1, -0.05) is 41.9 Å². The van der Waals surface area contributed by atoms with E-state index in [-0.39, 0.29) is 19.1 Å². The van der Waals surface area contributed by atoms with Gasteiger partial charge in [-0.05, 0) is 62.9 Å². The fourth-order valence-electron chi connectivity index (χ4n) is 6.53. The quantitative estimate of drug-likeness (QED) is 0.512. The van der Waals surface area contributed by atoms with Crippen molar-refractivity contribution in [2.24, 2.45) is 11.8 Å². The smallest absolute Gasteiger partial charge is 0.312 e. The first kappa shape index (κ1) is 25.7. The summed E-state index contributed by atoms with van der Waals surface area (Å²) in [4.78, 5) is 42.7. The zero-order chi connectivity index (χ0) is 26.4. The maximum Gasteiger partial charge on any atom is 0.312 e. The molecule has 3 saturated heterocycles. The molecule has 3 aliphatic heterocycles. The number of nitrogens with one attached hydrogen (secondary N) is 1. The van der Waals surface area contributed by atoms with E-state index in [1.54, 1.807) is 31.2 Å². The zero-order valence-electron chi connectivity index (χ0n) is 20.9. The van der Waals surface area contributed by atoms with Crippen LogP contribution in [0.25, 0.3) is 0 Å². The highest BCUT2D eigenvalue weighted by Gasteiger charge is 2.78. The SMILES string of the molecule is CCOC(=O)[C@H]1[C@H]2C(=O)N([C@@H](CO)Cc3ccccc3)C(C(=O)Nc3ccc(Cl)cc3)C23CC[C@]1(C)O3. The number of ether oxygens (including phenoxy) is 2. The number of likely N-dealkylation sites (tertiary alicyclic amines) is 1. The van der Waals surface area contributed by atoms with Gasteiger partial charge in [-0.2, -0.15) is 0 Å². The number of anilines is 1. The van der Waals surface area contributed by atoms with Gasteiger partial charge in [-0.15, -0.1) is 0 Å². The van der Waals surface area contributed by atoms with Crippen LogP contribution in [0.5, 0.6) is 0 Å². The number of halogens is 1. The lowest BCUT2D eigenvalue weighted by Crippen LogP contribution is -2.57. The molecule has 0 aromatic heterocycles. The Kier molecular flexibility index (Phi) is 6.77. The minimum Gasteiger partial charge on any atom is -0.466 e. The maximum absolute atomic E-state index is 14.2. The van der Waals surface area contributed by atoms with Crippen LogP contribution in [0.3, 0.4) is 0 Å². The lowest BCUT2D eigenvalue weighted by Gasteiger charge is -2.37. The van der Waals surface area contributed by atoms with Gasteiger partial charge in [0.2, 0.25) is 11.8 Å². The Balaban J connectivity index is 1.56. The first-order valence-corrected chi connectivity index (χ1v) is 13.0. The molecule has 6 atom stereocenters. The summed E-state index contributed by atoms with van der Waals surface area (Å²) in [5, 5.41) is 13.9. The predicted octanol–water partition coefficient (Wildman–Crippen LogP) is 3.21. The second kappa shape index (κ2) is 9.74. The summed E-state index contributed by atoms with van der Waals surface area (Å²) < 4.78 is 11.9. The van der Waals surface area contributed by atoms with E-state index in [0.717, 1.165) is 5.56 Å². The maximum atomic E-state index is 14.2. The van der Waals surface area contributed by atoms with E-state index in [1.807, 2.05) is 37.3 Å². The van der Waals surface area contributed by atoms with E-state index in [4.69, 9.17) is 21.1 Å². The van der Waals surface area contributed by atoms with Gasteiger partial charge in [0.1, 0.15) is 17.6 Å². The number of amides is 2. The number of fused-ring (bicyclic) bond motifs is 1. The number of carbonyl (C=O) groups is 3. The van der Waals surface area contributed by atoms with Crippen LogP contribution >= 0.6 is 11.6 Å². The fourth-order valence-corrected chi connectivity index (χ4v) is 6.65. The lowest BCUT2D eigenvalue weighted by atomic mass is 9.66. The lowest BCUT2D eigenvalue weighted by molar-refractivity contribution is -0.160. The van der Waals surface area contributed by atoms with Gasteiger partial charge in [-0.3, -0.25) is 14.4 Å². The molecule has 9 heteroatoms. The van der Waals surface area contributed by atoms with Crippen LogP contribution in [0.4, 0.5) is 5.69 Å². The first-order valence-electron chi connectivity index (χ1n) is 12.6. The number of hydrogen-bond acceptors (Lipinski definition) is 6. The summed E-state index contributed by atoms with van der Waals surface area (Å²) in [6.45, 7) is 3.37. The number of hydrogen-bond donors (Lipinski definition) is 2. The van der Waals surface area contributed by atoms with E-state index in [9.17, 15) is 19.5 Å². The molecule has 3 aliphatic rings. The van der Waals surface area contributed by atoms with E-state index in [0.29, 0.717) is 30.0 Å². The molecule has 3 heterocycles. The molecule has 2 amide bonds. The molecule has 2 unspecified atom stereocenters. The van der Waals surface area contributed by atoms with Gasteiger partial charge in [0.25, 0.3) is 0 Å². The number of rotatable bonds is 8. The molecule has 2 aromatic carbocycles. The van der Waals surface area contributed by atoms with Crippen LogP contribution in [0.2, 0.25) is 5.02 Å². The van der Waals surface area contributed by atoms with E-state index < -0.39 is 47.0 Å². The molecule has 1 spiro atoms. The Morgan fingerprint density at radius 2 is 1.89 bits per heavy atom. The Bertz CT molecular complexity index is 1190. The van der Waals surface area contributed by atoms with Crippen molar-refractivity contribution in [1.29, 1.82) is 0 Å². The number of carbonyl (C=O) groups excluding carboxylic acids is 3. The third-order valence-corrected chi connectivity index (χ3v) is 8.29. The first-order chi connectivity index (χ1) is 17.7. The molecular weight excluding hydrogens is 496 g/mol. The molecule has 8 nitrogen and oxygen atoms in total. The van der Waals surface area contributed by atoms with Crippen molar-refractivity contribution in [2.45, 2.75) is 56.4 Å². The third kappa shape index (κ3) is 4.21. The second-order valence-corrected chi connectivity index (χ2v) is 10.7. The van der Waals surface area contributed by atoms with Crippen molar-refractivity contribution in [1.82, 2.24) is 4.90 Å². The summed E-state index contributed by atoms with van der Waals surface area (Å²) in [6.07, 6.45) is 1.30. The van der Waals surface area contributed by atoms with Crippen LogP contribution in [-0.2, 0) is 30.3 Å². The Hall–Kier alpha value is -2.94. The highest BCUT2D eigenvalue weighted by molar-refractivity contribution is 6.30. The predicted molar refractivity (Wildman–Crippen MR) is 137 cm³/mol. The molecule has 2 aromatic rings. The topological polar surface area (TPSA) is 105 Å². The fraction of sp³-hybridized carbons (Fsp3) is 0.464.